The number of nitrogens with one attached hydrogen (secondary N) is 1. The summed E-state index contributed by atoms with van der Waals surface area (Å²) in [5.41, 5.74) is 2.76. The molecule has 0 spiro atoms. The van der Waals surface area contributed by atoms with Crippen molar-refractivity contribution >= 4 is 34.5 Å². The molecule has 104 valence electrons. The number of aryl methyl sites for hydroxylation is 1. The van der Waals surface area contributed by atoms with Gasteiger partial charge >= 0.3 is 0 Å². The molecule has 0 saturated heterocycles. The van der Waals surface area contributed by atoms with Gasteiger partial charge in [0.2, 0.25) is 5.91 Å². The molecule has 1 atom stereocenters. The topological polar surface area (TPSA) is 49.3 Å². The van der Waals surface area contributed by atoms with Crippen molar-refractivity contribution in [3.8, 4) is 0 Å². The van der Waals surface area contributed by atoms with Gasteiger partial charge in [0, 0.05) is 17.0 Å². The predicted molar refractivity (Wildman–Crippen MR) is 81.4 cm³/mol. The van der Waals surface area contributed by atoms with Crippen LogP contribution < -0.4 is 5.32 Å². The lowest BCUT2D eigenvalue weighted by atomic mass is 10.0. The number of benzene rings is 1. The normalized spacial score (nSPS) is 16.2. The highest BCUT2D eigenvalue weighted by molar-refractivity contribution is 7.16. The van der Waals surface area contributed by atoms with Crippen molar-refractivity contribution in [1.29, 1.82) is 0 Å². The van der Waals surface area contributed by atoms with Gasteiger partial charge in [-0.2, -0.15) is 0 Å². The van der Waals surface area contributed by atoms with Crippen molar-refractivity contribution < 1.29 is 9.90 Å². The minimum absolute atomic E-state index is 0.0575. The number of fused-ring (bicyclic) bond motifs is 1. The lowest BCUT2D eigenvalue weighted by molar-refractivity contribution is -0.116. The Morgan fingerprint density at radius 1 is 1.25 bits per heavy atom. The molecule has 1 unspecified atom stereocenters. The minimum atomic E-state index is -0.670. The van der Waals surface area contributed by atoms with Crippen LogP contribution in [0.3, 0.4) is 0 Å². The van der Waals surface area contributed by atoms with E-state index in [4.69, 9.17) is 11.6 Å². The van der Waals surface area contributed by atoms with Crippen molar-refractivity contribution in [3.05, 3.63) is 50.7 Å². The first-order valence-electron chi connectivity index (χ1n) is 6.49. The highest BCUT2D eigenvalue weighted by Gasteiger charge is 2.17. The first-order chi connectivity index (χ1) is 9.63. The molecule has 1 aromatic carbocycles. The number of thiophene rings is 1. The molecule has 1 aliphatic heterocycles. The first-order valence-corrected chi connectivity index (χ1v) is 7.69. The number of hydrogen-bond acceptors (Lipinski definition) is 3. The van der Waals surface area contributed by atoms with Crippen LogP contribution in [0, 0.1) is 0 Å². The zero-order valence-electron chi connectivity index (χ0n) is 10.7. The molecule has 1 aliphatic rings. The van der Waals surface area contributed by atoms with Crippen LogP contribution in [0.1, 0.15) is 34.9 Å². The standard InChI is InChI=1S/C15H14ClNO2S/c16-13-7-6-12(20-13)15(19)10-4-5-11-9(8-10)2-1-3-14(18)17-11/h4-8,15,19H,1-3H2,(H,17,18). The fourth-order valence-electron chi connectivity index (χ4n) is 2.40. The number of carbonyl (C=O) groups is 1. The Hall–Kier alpha value is -1.36. The number of halogens is 1. The Bertz CT molecular complexity index is 653. The highest BCUT2D eigenvalue weighted by atomic mass is 35.5. The van der Waals surface area contributed by atoms with Gasteiger partial charge in [0.25, 0.3) is 0 Å². The van der Waals surface area contributed by atoms with E-state index in [1.54, 1.807) is 6.07 Å². The van der Waals surface area contributed by atoms with Gasteiger partial charge in [-0.05, 0) is 42.2 Å². The van der Waals surface area contributed by atoms with Crippen LogP contribution in [-0.2, 0) is 11.2 Å². The zero-order valence-corrected chi connectivity index (χ0v) is 12.3. The van der Waals surface area contributed by atoms with E-state index in [9.17, 15) is 9.90 Å². The number of anilines is 1. The van der Waals surface area contributed by atoms with Crippen molar-refractivity contribution in [3.63, 3.8) is 0 Å². The van der Waals surface area contributed by atoms with E-state index in [0.717, 1.165) is 34.5 Å². The minimum Gasteiger partial charge on any atom is -0.383 e. The third kappa shape index (κ3) is 2.73. The van der Waals surface area contributed by atoms with Crippen molar-refractivity contribution in [1.82, 2.24) is 0 Å². The third-order valence-corrected chi connectivity index (χ3v) is 4.72. The second-order valence-corrected chi connectivity index (χ2v) is 6.61. The number of amides is 1. The lowest BCUT2D eigenvalue weighted by Crippen LogP contribution is -2.09. The predicted octanol–water partition coefficient (Wildman–Crippen LogP) is 3.76. The average Bonchev–Trinajstić information content (AvgIpc) is 2.77. The van der Waals surface area contributed by atoms with Gasteiger partial charge in [0.1, 0.15) is 6.10 Å². The molecule has 2 heterocycles. The molecule has 20 heavy (non-hydrogen) atoms. The summed E-state index contributed by atoms with van der Waals surface area (Å²) in [5.74, 6) is 0.0575. The first kappa shape index (κ1) is 13.6. The number of aliphatic hydroxyl groups is 1. The smallest absolute Gasteiger partial charge is 0.224 e. The number of aliphatic hydroxyl groups excluding tert-OH is 1. The van der Waals surface area contributed by atoms with Gasteiger partial charge in [-0.3, -0.25) is 4.79 Å². The number of carbonyl (C=O) groups excluding carboxylic acids is 1. The molecule has 2 N–H and O–H groups in total. The average molecular weight is 308 g/mol. The van der Waals surface area contributed by atoms with E-state index >= 15 is 0 Å². The molecule has 3 nitrogen and oxygen atoms in total. The van der Waals surface area contributed by atoms with E-state index in [0.29, 0.717) is 10.8 Å². The molecule has 0 saturated carbocycles. The van der Waals surface area contributed by atoms with Gasteiger partial charge in [-0.1, -0.05) is 23.7 Å². The van der Waals surface area contributed by atoms with E-state index in [-0.39, 0.29) is 5.91 Å². The summed E-state index contributed by atoms with van der Waals surface area (Å²) >= 11 is 7.28. The fourth-order valence-corrected chi connectivity index (χ4v) is 3.48. The Morgan fingerprint density at radius 3 is 2.85 bits per heavy atom. The Balaban J connectivity index is 1.92. The van der Waals surface area contributed by atoms with Crippen LogP contribution in [0.4, 0.5) is 5.69 Å². The molecule has 1 aromatic heterocycles. The maximum Gasteiger partial charge on any atom is 0.224 e. The Labute approximate surface area is 126 Å². The Morgan fingerprint density at radius 2 is 2.10 bits per heavy atom. The van der Waals surface area contributed by atoms with E-state index < -0.39 is 6.10 Å². The molecule has 0 bridgehead atoms. The van der Waals surface area contributed by atoms with Gasteiger partial charge in [0.05, 0.1) is 4.34 Å². The maximum absolute atomic E-state index is 11.5. The zero-order chi connectivity index (χ0) is 14.1. The molecule has 1 amide bonds. The van der Waals surface area contributed by atoms with Crippen LogP contribution in [-0.4, -0.2) is 11.0 Å². The summed E-state index contributed by atoms with van der Waals surface area (Å²) in [4.78, 5) is 12.3. The second kappa shape index (κ2) is 5.56. The number of hydrogen-bond donors (Lipinski definition) is 2. The highest BCUT2D eigenvalue weighted by Crippen LogP contribution is 2.33. The van der Waals surface area contributed by atoms with Crippen LogP contribution >= 0.6 is 22.9 Å². The van der Waals surface area contributed by atoms with Crippen molar-refractivity contribution in [2.24, 2.45) is 0 Å². The summed E-state index contributed by atoms with van der Waals surface area (Å²) in [6.45, 7) is 0. The van der Waals surface area contributed by atoms with Gasteiger partial charge in [-0.15, -0.1) is 11.3 Å². The van der Waals surface area contributed by atoms with E-state index in [2.05, 4.69) is 5.32 Å². The lowest BCUT2D eigenvalue weighted by Gasteiger charge is -2.13. The molecular formula is C15H14ClNO2S. The van der Waals surface area contributed by atoms with Crippen LogP contribution in [0.5, 0.6) is 0 Å². The summed E-state index contributed by atoms with van der Waals surface area (Å²) in [6.07, 6.45) is 1.56. The molecule has 3 rings (SSSR count). The van der Waals surface area contributed by atoms with Crippen LogP contribution in [0.15, 0.2) is 30.3 Å². The molecule has 2 aromatic rings. The second-order valence-electron chi connectivity index (χ2n) is 4.86. The molecule has 5 heteroatoms. The molecule has 0 radical (unpaired) electrons. The van der Waals surface area contributed by atoms with Crippen molar-refractivity contribution in [2.45, 2.75) is 25.4 Å². The maximum atomic E-state index is 11.5. The van der Waals surface area contributed by atoms with Gasteiger partial charge < -0.3 is 10.4 Å². The van der Waals surface area contributed by atoms with E-state index in [1.165, 1.54) is 11.3 Å². The largest absolute Gasteiger partial charge is 0.383 e. The summed E-state index contributed by atoms with van der Waals surface area (Å²) < 4.78 is 0.668. The molecular weight excluding hydrogens is 294 g/mol. The van der Waals surface area contributed by atoms with Crippen LogP contribution in [0.25, 0.3) is 0 Å². The van der Waals surface area contributed by atoms with Crippen LogP contribution in [0.2, 0.25) is 4.34 Å². The SMILES string of the molecule is O=C1CCCc2cc(C(O)c3ccc(Cl)s3)ccc2N1. The van der Waals surface area contributed by atoms with E-state index in [1.807, 2.05) is 24.3 Å². The van der Waals surface area contributed by atoms with Gasteiger partial charge in [0.15, 0.2) is 0 Å². The number of rotatable bonds is 2. The third-order valence-electron chi connectivity index (χ3n) is 3.43. The Kier molecular flexibility index (Phi) is 3.78. The molecule has 0 fully saturated rings. The summed E-state index contributed by atoms with van der Waals surface area (Å²) in [6, 6.07) is 9.31. The summed E-state index contributed by atoms with van der Waals surface area (Å²) in [7, 11) is 0. The monoisotopic (exact) mass is 307 g/mol. The van der Waals surface area contributed by atoms with Gasteiger partial charge in [-0.25, -0.2) is 0 Å². The van der Waals surface area contributed by atoms with Crippen molar-refractivity contribution in [2.75, 3.05) is 5.32 Å². The fraction of sp³-hybridized carbons (Fsp3) is 0.267. The molecule has 0 aliphatic carbocycles. The summed E-state index contributed by atoms with van der Waals surface area (Å²) in [5, 5.41) is 13.3. The quantitative estimate of drug-likeness (QED) is 0.887.